The summed E-state index contributed by atoms with van der Waals surface area (Å²) >= 11 is 0. The van der Waals surface area contributed by atoms with Gasteiger partial charge in [0.15, 0.2) is 5.82 Å². The number of hydrogen-bond donors (Lipinski definition) is 1. The Bertz CT molecular complexity index is 755. The molecule has 0 aromatic carbocycles. The number of nitrogen functional groups attached to an aromatic ring is 1. The van der Waals surface area contributed by atoms with Crippen molar-refractivity contribution in [2.45, 2.75) is 33.1 Å². The van der Waals surface area contributed by atoms with E-state index in [0.29, 0.717) is 5.82 Å². The molecule has 0 aliphatic rings. The van der Waals surface area contributed by atoms with E-state index in [4.69, 9.17) is 5.73 Å². The van der Waals surface area contributed by atoms with Crippen molar-refractivity contribution in [2.75, 3.05) is 5.73 Å². The lowest BCUT2D eigenvalue weighted by atomic mass is 9.92. The normalized spacial score (nSPS) is 12.2. The van der Waals surface area contributed by atoms with E-state index in [0.717, 1.165) is 22.6 Å². The topological polar surface area (TPSA) is 74.0 Å². The van der Waals surface area contributed by atoms with Gasteiger partial charge in [0.05, 0.1) is 5.69 Å². The molecular weight excluding hydrogens is 252 g/mol. The van der Waals surface area contributed by atoms with Gasteiger partial charge in [-0.15, -0.1) is 5.10 Å². The van der Waals surface area contributed by atoms with Gasteiger partial charge in [0, 0.05) is 29.6 Å². The van der Waals surface area contributed by atoms with E-state index in [2.05, 4.69) is 42.0 Å². The molecule has 0 aliphatic heterocycles. The number of anilines is 1. The summed E-state index contributed by atoms with van der Waals surface area (Å²) in [5.41, 5.74) is 8.67. The highest BCUT2D eigenvalue weighted by atomic mass is 15.3. The zero-order chi connectivity index (χ0) is 14.5. The van der Waals surface area contributed by atoms with Gasteiger partial charge in [-0.05, 0) is 13.0 Å². The third-order valence-electron chi connectivity index (χ3n) is 3.29. The molecule has 0 amide bonds. The zero-order valence-electron chi connectivity index (χ0n) is 12.1. The Labute approximate surface area is 117 Å². The number of aromatic nitrogens is 5. The third kappa shape index (κ3) is 1.93. The molecular formula is C14H18N6. The van der Waals surface area contributed by atoms with E-state index >= 15 is 0 Å². The minimum Gasteiger partial charge on any atom is -0.382 e. The van der Waals surface area contributed by atoms with Crippen LogP contribution >= 0.6 is 0 Å². The SMILES string of the molecule is Cc1cn(-c2nccn3nc(C(C)(C)C)cc23)nc1N. The summed E-state index contributed by atoms with van der Waals surface area (Å²) in [5, 5.41) is 8.90. The van der Waals surface area contributed by atoms with Crippen LogP contribution < -0.4 is 5.73 Å². The monoisotopic (exact) mass is 270 g/mol. The molecule has 0 spiro atoms. The Morgan fingerprint density at radius 1 is 1.20 bits per heavy atom. The lowest BCUT2D eigenvalue weighted by Crippen LogP contribution is -2.11. The first-order valence-corrected chi connectivity index (χ1v) is 6.53. The van der Waals surface area contributed by atoms with Crippen LogP contribution in [0.15, 0.2) is 24.7 Å². The smallest absolute Gasteiger partial charge is 0.179 e. The molecule has 0 radical (unpaired) electrons. The summed E-state index contributed by atoms with van der Waals surface area (Å²) in [5.74, 6) is 1.25. The molecule has 0 unspecified atom stereocenters. The van der Waals surface area contributed by atoms with E-state index < -0.39 is 0 Å². The van der Waals surface area contributed by atoms with E-state index in [1.54, 1.807) is 10.9 Å². The van der Waals surface area contributed by atoms with Crippen molar-refractivity contribution < 1.29 is 0 Å². The van der Waals surface area contributed by atoms with E-state index in [1.165, 1.54) is 0 Å². The summed E-state index contributed by atoms with van der Waals surface area (Å²) in [7, 11) is 0. The van der Waals surface area contributed by atoms with Gasteiger partial charge < -0.3 is 5.73 Å². The Kier molecular flexibility index (Phi) is 2.57. The molecule has 0 saturated carbocycles. The molecule has 3 aromatic heterocycles. The summed E-state index contributed by atoms with van der Waals surface area (Å²) in [6, 6.07) is 2.05. The number of rotatable bonds is 1. The lowest BCUT2D eigenvalue weighted by Gasteiger charge is -2.13. The standard InChI is InChI=1S/C14H18N6/c1-9-8-20(18-12(9)15)13-10-7-11(14(2,3)4)17-19(10)6-5-16-13/h5-8H,1-4H3,(H2,15,18). The Balaban J connectivity index is 2.23. The summed E-state index contributed by atoms with van der Waals surface area (Å²) < 4.78 is 3.53. The quantitative estimate of drug-likeness (QED) is 0.735. The molecule has 6 nitrogen and oxygen atoms in total. The van der Waals surface area contributed by atoms with Crippen LogP contribution in [-0.4, -0.2) is 24.4 Å². The first kappa shape index (κ1) is 12.7. The lowest BCUT2D eigenvalue weighted by molar-refractivity contribution is 0.562. The first-order valence-electron chi connectivity index (χ1n) is 6.53. The predicted molar refractivity (Wildman–Crippen MR) is 78.0 cm³/mol. The molecule has 0 aliphatic carbocycles. The molecule has 0 saturated heterocycles. The average Bonchev–Trinajstić information content (AvgIpc) is 2.93. The van der Waals surface area contributed by atoms with Crippen LogP contribution in [0, 0.1) is 6.92 Å². The fraction of sp³-hybridized carbons (Fsp3) is 0.357. The van der Waals surface area contributed by atoms with Crippen LogP contribution in [-0.2, 0) is 5.41 Å². The maximum atomic E-state index is 5.81. The Morgan fingerprint density at radius 2 is 1.95 bits per heavy atom. The summed E-state index contributed by atoms with van der Waals surface area (Å²) in [6.07, 6.45) is 5.43. The highest BCUT2D eigenvalue weighted by Crippen LogP contribution is 2.24. The van der Waals surface area contributed by atoms with Gasteiger partial charge in [-0.25, -0.2) is 14.2 Å². The predicted octanol–water partition coefficient (Wildman–Crippen LogP) is 2.10. The van der Waals surface area contributed by atoms with Crippen molar-refractivity contribution >= 4 is 11.3 Å². The number of aryl methyl sites for hydroxylation is 1. The van der Waals surface area contributed by atoms with Gasteiger partial charge >= 0.3 is 0 Å². The van der Waals surface area contributed by atoms with Crippen LogP contribution in [0.25, 0.3) is 11.3 Å². The van der Waals surface area contributed by atoms with Crippen molar-refractivity contribution in [2.24, 2.45) is 0 Å². The highest BCUT2D eigenvalue weighted by Gasteiger charge is 2.19. The zero-order valence-corrected chi connectivity index (χ0v) is 12.1. The molecule has 6 heteroatoms. The molecule has 0 bridgehead atoms. The van der Waals surface area contributed by atoms with Crippen molar-refractivity contribution in [1.29, 1.82) is 0 Å². The van der Waals surface area contributed by atoms with E-state index in [-0.39, 0.29) is 5.41 Å². The van der Waals surface area contributed by atoms with Crippen molar-refractivity contribution in [1.82, 2.24) is 24.4 Å². The molecule has 0 fully saturated rings. The van der Waals surface area contributed by atoms with Crippen molar-refractivity contribution in [3.05, 3.63) is 35.9 Å². The molecule has 3 heterocycles. The number of hydrogen-bond acceptors (Lipinski definition) is 4. The highest BCUT2D eigenvalue weighted by molar-refractivity contribution is 5.61. The maximum absolute atomic E-state index is 5.81. The fourth-order valence-electron chi connectivity index (χ4n) is 2.03. The van der Waals surface area contributed by atoms with E-state index in [9.17, 15) is 0 Å². The Hall–Kier alpha value is -2.37. The second kappa shape index (κ2) is 4.06. The van der Waals surface area contributed by atoms with Crippen LogP contribution in [0.2, 0.25) is 0 Å². The fourth-order valence-corrected chi connectivity index (χ4v) is 2.03. The van der Waals surface area contributed by atoms with Crippen molar-refractivity contribution in [3.63, 3.8) is 0 Å². The van der Waals surface area contributed by atoms with Gasteiger partial charge in [-0.1, -0.05) is 20.8 Å². The van der Waals surface area contributed by atoms with Gasteiger partial charge in [0.25, 0.3) is 0 Å². The van der Waals surface area contributed by atoms with Crippen LogP contribution in [0.5, 0.6) is 0 Å². The van der Waals surface area contributed by atoms with Crippen LogP contribution in [0.4, 0.5) is 5.82 Å². The van der Waals surface area contributed by atoms with Gasteiger partial charge in [0.1, 0.15) is 11.3 Å². The molecule has 3 rings (SSSR count). The van der Waals surface area contributed by atoms with Gasteiger partial charge in [-0.3, -0.25) is 0 Å². The second-order valence-corrected chi connectivity index (χ2v) is 6.00. The van der Waals surface area contributed by atoms with Gasteiger partial charge in [-0.2, -0.15) is 5.10 Å². The van der Waals surface area contributed by atoms with Crippen LogP contribution in [0.1, 0.15) is 32.0 Å². The minimum absolute atomic E-state index is 0.0116. The maximum Gasteiger partial charge on any atom is 0.179 e. The van der Waals surface area contributed by atoms with Crippen LogP contribution in [0.3, 0.4) is 0 Å². The third-order valence-corrected chi connectivity index (χ3v) is 3.29. The number of nitrogens with two attached hydrogens (primary N) is 1. The average molecular weight is 270 g/mol. The van der Waals surface area contributed by atoms with Gasteiger partial charge in [0.2, 0.25) is 0 Å². The summed E-state index contributed by atoms with van der Waals surface area (Å²) in [6.45, 7) is 8.34. The largest absolute Gasteiger partial charge is 0.382 e. The number of fused-ring (bicyclic) bond motifs is 1. The molecule has 20 heavy (non-hydrogen) atoms. The molecule has 3 aromatic rings. The Morgan fingerprint density at radius 3 is 2.55 bits per heavy atom. The molecule has 104 valence electrons. The minimum atomic E-state index is -0.0116. The number of nitrogens with zero attached hydrogens (tertiary/aromatic N) is 5. The molecule has 0 atom stereocenters. The van der Waals surface area contributed by atoms with E-state index in [1.807, 2.05) is 23.8 Å². The second-order valence-electron chi connectivity index (χ2n) is 6.00. The van der Waals surface area contributed by atoms with Crippen molar-refractivity contribution in [3.8, 4) is 5.82 Å². The summed E-state index contributed by atoms with van der Waals surface area (Å²) in [4.78, 5) is 4.41. The first-order chi connectivity index (χ1) is 9.36. The molecule has 2 N–H and O–H groups in total.